The number of hydrogen-bond donors (Lipinski definition) is 1. The molecule has 2 aromatic rings. The van der Waals surface area contributed by atoms with Crippen LogP contribution in [0.4, 0.5) is 0 Å². The van der Waals surface area contributed by atoms with Crippen molar-refractivity contribution >= 4 is 5.97 Å². The quantitative estimate of drug-likeness (QED) is 0.883. The number of hydrogen-bond acceptors (Lipinski definition) is 2. The zero-order valence-electron chi connectivity index (χ0n) is 12.5. The molecule has 110 valence electrons. The molecule has 0 amide bonds. The van der Waals surface area contributed by atoms with Crippen LogP contribution in [0.25, 0.3) is 0 Å². The molecular formula is C18H21NO2. The van der Waals surface area contributed by atoms with Crippen LogP contribution in [0.15, 0.2) is 48.5 Å². The van der Waals surface area contributed by atoms with Crippen LogP contribution in [0, 0.1) is 6.92 Å². The van der Waals surface area contributed by atoms with Crippen molar-refractivity contribution in [3.8, 4) is 0 Å². The highest BCUT2D eigenvalue weighted by Gasteiger charge is 2.05. The largest absolute Gasteiger partial charge is 0.478 e. The third-order valence-electron chi connectivity index (χ3n) is 3.68. The van der Waals surface area contributed by atoms with Gasteiger partial charge in [-0.05, 0) is 49.2 Å². The van der Waals surface area contributed by atoms with E-state index in [0.717, 1.165) is 25.1 Å². The normalized spacial score (nSPS) is 10.8. The molecule has 3 nitrogen and oxygen atoms in total. The first-order valence-corrected chi connectivity index (χ1v) is 7.11. The Morgan fingerprint density at radius 1 is 1.10 bits per heavy atom. The molecule has 0 atom stereocenters. The average molecular weight is 283 g/mol. The minimum atomic E-state index is -0.880. The highest BCUT2D eigenvalue weighted by molar-refractivity contribution is 5.87. The van der Waals surface area contributed by atoms with Gasteiger partial charge < -0.3 is 10.0 Å². The Labute approximate surface area is 125 Å². The molecule has 1 N–H and O–H groups in total. The predicted octanol–water partition coefficient (Wildman–Crippen LogP) is 3.37. The number of carboxylic acids is 1. The maximum atomic E-state index is 10.8. The van der Waals surface area contributed by atoms with Crippen molar-refractivity contribution in [3.05, 3.63) is 70.8 Å². The van der Waals surface area contributed by atoms with E-state index in [1.807, 2.05) is 12.1 Å². The van der Waals surface area contributed by atoms with Crippen molar-refractivity contribution in [1.82, 2.24) is 4.90 Å². The number of nitrogens with zero attached hydrogens (tertiary/aromatic N) is 1. The molecule has 2 aromatic carbocycles. The summed E-state index contributed by atoms with van der Waals surface area (Å²) in [5.74, 6) is -0.880. The van der Waals surface area contributed by atoms with Gasteiger partial charge in [-0.1, -0.05) is 36.4 Å². The Bertz CT molecular complexity index is 605. The van der Waals surface area contributed by atoms with Crippen LogP contribution >= 0.6 is 0 Å². The van der Waals surface area contributed by atoms with Gasteiger partial charge in [0.05, 0.1) is 5.56 Å². The molecule has 0 unspecified atom stereocenters. The molecule has 0 aliphatic rings. The molecule has 0 saturated carbocycles. The molecule has 0 aliphatic carbocycles. The lowest BCUT2D eigenvalue weighted by Crippen LogP contribution is -2.21. The highest BCUT2D eigenvalue weighted by Crippen LogP contribution is 2.10. The summed E-state index contributed by atoms with van der Waals surface area (Å²) in [7, 11) is 2.09. The summed E-state index contributed by atoms with van der Waals surface area (Å²) in [4.78, 5) is 13.1. The first-order chi connectivity index (χ1) is 10.1. The zero-order chi connectivity index (χ0) is 15.2. The second kappa shape index (κ2) is 7.04. The number of aromatic carboxylic acids is 1. The van der Waals surface area contributed by atoms with Gasteiger partial charge >= 0.3 is 5.97 Å². The summed E-state index contributed by atoms with van der Waals surface area (Å²) < 4.78 is 0. The van der Waals surface area contributed by atoms with Crippen LogP contribution in [0.1, 0.15) is 27.0 Å². The van der Waals surface area contributed by atoms with Crippen LogP contribution in [-0.4, -0.2) is 29.6 Å². The molecule has 0 aromatic heterocycles. The SMILES string of the molecule is Cc1ccccc1CCN(C)Cc1ccc(C(=O)O)cc1. The summed E-state index contributed by atoms with van der Waals surface area (Å²) in [6, 6.07) is 15.5. The maximum absolute atomic E-state index is 10.8. The fraction of sp³-hybridized carbons (Fsp3) is 0.278. The Balaban J connectivity index is 1.88. The van der Waals surface area contributed by atoms with Crippen LogP contribution in [0.3, 0.4) is 0 Å². The van der Waals surface area contributed by atoms with Crippen LogP contribution in [-0.2, 0) is 13.0 Å². The second-order valence-corrected chi connectivity index (χ2v) is 5.42. The van der Waals surface area contributed by atoms with Crippen LogP contribution in [0.2, 0.25) is 0 Å². The van der Waals surface area contributed by atoms with Gasteiger partial charge in [0.1, 0.15) is 0 Å². The Hall–Kier alpha value is -2.13. The molecule has 21 heavy (non-hydrogen) atoms. The fourth-order valence-electron chi connectivity index (χ4n) is 2.35. The number of carbonyl (C=O) groups is 1. The predicted molar refractivity (Wildman–Crippen MR) is 84.6 cm³/mol. The van der Waals surface area contributed by atoms with Crippen LogP contribution in [0.5, 0.6) is 0 Å². The van der Waals surface area contributed by atoms with Crippen molar-refractivity contribution in [2.24, 2.45) is 0 Å². The van der Waals surface area contributed by atoms with Gasteiger partial charge in [0.15, 0.2) is 0 Å². The number of carboxylic acid groups (broad SMARTS) is 1. The standard InChI is InChI=1S/C18H21NO2/c1-14-5-3-4-6-16(14)11-12-19(2)13-15-7-9-17(10-8-15)18(20)21/h3-10H,11-13H2,1-2H3,(H,20,21). The third kappa shape index (κ3) is 4.43. The van der Waals surface area contributed by atoms with Crippen LogP contribution < -0.4 is 0 Å². The van der Waals surface area contributed by atoms with E-state index in [9.17, 15) is 4.79 Å². The van der Waals surface area contributed by atoms with E-state index < -0.39 is 5.97 Å². The van der Waals surface area contributed by atoms with Gasteiger partial charge in [-0.15, -0.1) is 0 Å². The monoisotopic (exact) mass is 283 g/mol. The fourth-order valence-corrected chi connectivity index (χ4v) is 2.35. The van der Waals surface area contributed by atoms with Crippen molar-refractivity contribution in [2.45, 2.75) is 19.9 Å². The van der Waals surface area contributed by atoms with Gasteiger partial charge in [0.2, 0.25) is 0 Å². The average Bonchev–Trinajstić information content (AvgIpc) is 2.47. The highest BCUT2D eigenvalue weighted by atomic mass is 16.4. The summed E-state index contributed by atoms with van der Waals surface area (Å²) in [5.41, 5.74) is 4.18. The third-order valence-corrected chi connectivity index (χ3v) is 3.68. The van der Waals surface area contributed by atoms with E-state index >= 15 is 0 Å². The molecule has 0 bridgehead atoms. The second-order valence-electron chi connectivity index (χ2n) is 5.42. The van der Waals surface area contributed by atoms with Gasteiger partial charge in [0.25, 0.3) is 0 Å². The topological polar surface area (TPSA) is 40.5 Å². The smallest absolute Gasteiger partial charge is 0.335 e. The maximum Gasteiger partial charge on any atom is 0.335 e. The van der Waals surface area contributed by atoms with Gasteiger partial charge in [0, 0.05) is 13.1 Å². The van der Waals surface area contributed by atoms with Crippen molar-refractivity contribution < 1.29 is 9.90 Å². The molecular weight excluding hydrogens is 262 g/mol. The summed E-state index contributed by atoms with van der Waals surface area (Å²) in [6.07, 6.45) is 1.02. The van der Waals surface area contributed by atoms with E-state index in [2.05, 4.69) is 43.1 Å². The van der Waals surface area contributed by atoms with Crippen molar-refractivity contribution in [3.63, 3.8) is 0 Å². The number of rotatable bonds is 6. The lowest BCUT2D eigenvalue weighted by molar-refractivity contribution is 0.0697. The number of benzene rings is 2. The number of aryl methyl sites for hydroxylation is 1. The first-order valence-electron chi connectivity index (χ1n) is 7.11. The molecule has 2 rings (SSSR count). The molecule has 0 heterocycles. The van der Waals surface area contributed by atoms with E-state index in [0.29, 0.717) is 5.56 Å². The summed E-state index contributed by atoms with van der Waals surface area (Å²) in [6.45, 7) is 3.94. The lowest BCUT2D eigenvalue weighted by Gasteiger charge is -2.17. The Morgan fingerprint density at radius 3 is 2.38 bits per heavy atom. The lowest BCUT2D eigenvalue weighted by atomic mass is 10.1. The molecule has 0 fully saturated rings. The van der Waals surface area contributed by atoms with E-state index in [1.165, 1.54) is 11.1 Å². The van der Waals surface area contributed by atoms with Crippen molar-refractivity contribution in [2.75, 3.05) is 13.6 Å². The molecule has 3 heteroatoms. The first kappa shape index (κ1) is 15.3. The zero-order valence-corrected chi connectivity index (χ0v) is 12.5. The number of likely N-dealkylation sites (N-methyl/N-ethyl adjacent to an activating group) is 1. The minimum absolute atomic E-state index is 0.335. The van der Waals surface area contributed by atoms with Gasteiger partial charge in [-0.2, -0.15) is 0 Å². The summed E-state index contributed by atoms with van der Waals surface area (Å²) >= 11 is 0. The van der Waals surface area contributed by atoms with E-state index in [1.54, 1.807) is 12.1 Å². The molecule has 0 saturated heterocycles. The van der Waals surface area contributed by atoms with Gasteiger partial charge in [-0.25, -0.2) is 4.79 Å². The van der Waals surface area contributed by atoms with E-state index in [-0.39, 0.29) is 0 Å². The van der Waals surface area contributed by atoms with Crippen molar-refractivity contribution in [1.29, 1.82) is 0 Å². The Kier molecular flexibility index (Phi) is 5.12. The summed E-state index contributed by atoms with van der Waals surface area (Å²) in [5, 5.41) is 8.88. The molecule has 0 spiro atoms. The minimum Gasteiger partial charge on any atom is -0.478 e. The van der Waals surface area contributed by atoms with Gasteiger partial charge in [-0.3, -0.25) is 0 Å². The Morgan fingerprint density at radius 2 is 1.76 bits per heavy atom. The molecule has 0 radical (unpaired) electrons. The van der Waals surface area contributed by atoms with E-state index in [4.69, 9.17) is 5.11 Å². The molecule has 0 aliphatic heterocycles.